The third kappa shape index (κ3) is 5.64. The molecular formula is C27H25N5O7S2. The summed E-state index contributed by atoms with van der Waals surface area (Å²) >= 11 is 5.76. The van der Waals surface area contributed by atoms with Crippen LogP contribution in [0.1, 0.15) is 23.5 Å². The van der Waals surface area contributed by atoms with Crippen LogP contribution in [0.3, 0.4) is 0 Å². The number of nitro groups is 1. The predicted molar refractivity (Wildman–Crippen MR) is 157 cm³/mol. The number of furan rings is 1. The van der Waals surface area contributed by atoms with E-state index in [1.807, 2.05) is 23.1 Å². The van der Waals surface area contributed by atoms with Gasteiger partial charge in [-0.3, -0.25) is 19.8 Å². The lowest BCUT2D eigenvalue weighted by Crippen LogP contribution is -2.29. The number of pyridine rings is 1. The van der Waals surface area contributed by atoms with E-state index >= 15 is 0 Å². The summed E-state index contributed by atoms with van der Waals surface area (Å²) in [6.07, 6.45) is 2.73. The molecule has 1 aliphatic heterocycles. The smallest absolute Gasteiger partial charge is 0.273 e. The molecule has 1 aliphatic rings. The van der Waals surface area contributed by atoms with Crippen LogP contribution in [0.5, 0.6) is 11.5 Å². The summed E-state index contributed by atoms with van der Waals surface area (Å²) in [5, 5.41) is 14.9. The molecule has 212 valence electrons. The minimum Gasteiger partial charge on any atom is -0.496 e. The second-order valence-corrected chi connectivity index (χ2v) is 11.2. The second kappa shape index (κ2) is 11.1. The number of benzene rings is 2. The Labute approximate surface area is 241 Å². The van der Waals surface area contributed by atoms with Crippen molar-refractivity contribution >= 4 is 44.4 Å². The van der Waals surface area contributed by atoms with E-state index in [-0.39, 0.29) is 17.1 Å². The summed E-state index contributed by atoms with van der Waals surface area (Å²) < 4.78 is 43.7. The fourth-order valence-electron chi connectivity index (χ4n) is 4.70. The third-order valence-corrected chi connectivity index (χ3v) is 7.34. The summed E-state index contributed by atoms with van der Waals surface area (Å²) in [6.45, 7) is 0. The lowest BCUT2D eigenvalue weighted by atomic mass is 10.0. The monoisotopic (exact) mass is 595 g/mol. The van der Waals surface area contributed by atoms with Gasteiger partial charge >= 0.3 is 0 Å². The quantitative estimate of drug-likeness (QED) is 0.156. The normalized spacial score (nSPS) is 16.8. The van der Waals surface area contributed by atoms with Gasteiger partial charge in [-0.1, -0.05) is 6.07 Å². The van der Waals surface area contributed by atoms with E-state index < -0.39 is 27.0 Å². The highest BCUT2D eigenvalue weighted by Crippen LogP contribution is 2.45. The molecule has 2 aromatic carbocycles. The van der Waals surface area contributed by atoms with E-state index in [0.29, 0.717) is 39.3 Å². The van der Waals surface area contributed by atoms with Crippen molar-refractivity contribution in [1.29, 1.82) is 0 Å². The molecule has 41 heavy (non-hydrogen) atoms. The topological polar surface area (TPSA) is 149 Å². The van der Waals surface area contributed by atoms with Crippen molar-refractivity contribution in [3.05, 3.63) is 94.5 Å². The van der Waals surface area contributed by atoms with Crippen LogP contribution in [0.4, 0.5) is 17.1 Å². The Bertz CT molecular complexity index is 1730. The maximum absolute atomic E-state index is 12.0. The minimum absolute atomic E-state index is 0.109. The van der Waals surface area contributed by atoms with Crippen molar-refractivity contribution in [2.24, 2.45) is 0 Å². The molecule has 5 rings (SSSR count). The maximum Gasteiger partial charge on any atom is 0.273 e. The van der Waals surface area contributed by atoms with Crippen LogP contribution >= 0.6 is 12.2 Å². The molecule has 1 saturated heterocycles. The number of thiocarbonyl (C=S) groups is 1. The molecule has 2 N–H and O–H groups in total. The molecule has 0 radical (unpaired) electrons. The molecule has 14 heteroatoms. The van der Waals surface area contributed by atoms with Crippen molar-refractivity contribution in [1.82, 2.24) is 10.3 Å². The first-order valence-corrected chi connectivity index (χ1v) is 14.5. The SMILES string of the molecule is COc1ccc(N2C(=S)N[C@H](c3ccccn3)[C@H]2c2ccc(-c3ccc([N+](=O)[O-])cc3OC)o2)cc1NS(C)(=O)=O. The number of nitrogens with zero attached hydrogens (tertiary/aromatic N) is 3. The Morgan fingerprint density at radius 1 is 1.07 bits per heavy atom. The van der Waals surface area contributed by atoms with E-state index in [9.17, 15) is 18.5 Å². The average molecular weight is 596 g/mol. The lowest BCUT2D eigenvalue weighted by Gasteiger charge is -2.27. The number of ether oxygens (including phenoxy) is 2. The van der Waals surface area contributed by atoms with Crippen LogP contribution < -0.4 is 24.4 Å². The molecule has 12 nitrogen and oxygen atoms in total. The summed E-state index contributed by atoms with van der Waals surface area (Å²) in [5.74, 6) is 1.56. The number of aromatic nitrogens is 1. The van der Waals surface area contributed by atoms with Crippen molar-refractivity contribution in [3.8, 4) is 22.8 Å². The maximum atomic E-state index is 12.0. The number of non-ortho nitro benzene ring substituents is 1. The molecule has 2 atom stereocenters. The molecule has 2 aromatic heterocycles. The number of anilines is 2. The molecular weight excluding hydrogens is 570 g/mol. The number of sulfonamides is 1. The van der Waals surface area contributed by atoms with Crippen LogP contribution in [-0.2, 0) is 10.0 Å². The van der Waals surface area contributed by atoms with E-state index in [4.69, 9.17) is 26.1 Å². The predicted octanol–water partition coefficient (Wildman–Crippen LogP) is 4.82. The molecule has 0 aliphatic carbocycles. The fraction of sp³-hybridized carbons (Fsp3) is 0.185. The van der Waals surface area contributed by atoms with E-state index in [2.05, 4.69) is 15.0 Å². The first-order chi connectivity index (χ1) is 19.6. The molecule has 0 saturated carbocycles. The zero-order valence-corrected chi connectivity index (χ0v) is 23.7. The van der Waals surface area contributed by atoms with Gasteiger partial charge in [-0.15, -0.1) is 0 Å². The van der Waals surface area contributed by atoms with Crippen LogP contribution in [0.15, 0.2) is 77.3 Å². The fourth-order valence-corrected chi connectivity index (χ4v) is 5.61. The number of nitro benzene ring substituents is 1. The highest BCUT2D eigenvalue weighted by Gasteiger charge is 2.43. The standard InChI is InChI=1S/C27H25N5O7S2/c1-37-22-10-8-16(14-20(22)30-41(3,35)36)31-26(25(29-27(31)40)19-6-4-5-13-28-19)23-12-11-21(39-23)18-9-7-17(32(33)34)15-24(18)38-2/h4-15,25-26,30H,1-3H3,(H,29,40)/t25-,26-/m1/s1. The highest BCUT2D eigenvalue weighted by molar-refractivity contribution is 7.92. The van der Waals surface area contributed by atoms with Crippen molar-refractivity contribution in [3.63, 3.8) is 0 Å². The van der Waals surface area contributed by atoms with Crippen molar-refractivity contribution in [2.45, 2.75) is 12.1 Å². The number of hydrogen-bond acceptors (Lipinski definition) is 9. The van der Waals surface area contributed by atoms with E-state index in [0.717, 1.165) is 6.26 Å². The first-order valence-electron chi connectivity index (χ1n) is 12.2. The van der Waals surface area contributed by atoms with Crippen molar-refractivity contribution in [2.75, 3.05) is 30.1 Å². The zero-order valence-electron chi connectivity index (χ0n) is 22.1. The summed E-state index contributed by atoms with van der Waals surface area (Å²) in [6, 6.07) is 17.4. The van der Waals surface area contributed by atoms with Crippen LogP contribution in [0, 0.1) is 10.1 Å². The Balaban J connectivity index is 1.62. The molecule has 3 heterocycles. The van der Waals surface area contributed by atoms with Gasteiger partial charge in [0.2, 0.25) is 10.0 Å². The molecule has 0 amide bonds. The number of rotatable bonds is 9. The summed E-state index contributed by atoms with van der Waals surface area (Å²) in [7, 11) is -0.732. The average Bonchev–Trinajstić information content (AvgIpc) is 3.56. The number of nitrogens with one attached hydrogen (secondary N) is 2. The van der Waals surface area contributed by atoms with Gasteiger partial charge in [0.15, 0.2) is 5.11 Å². The Hall–Kier alpha value is -4.69. The molecule has 1 fully saturated rings. The zero-order chi connectivity index (χ0) is 29.3. The molecule has 4 aromatic rings. The van der Waals surface area contributed by atoms with Gasteiger partial charge in [0.1, 0.15) is 29.1 Å². The Kier molecular flexibility index (Phi) is 7.51. The van der Waals surface area contributed by atoms with Gasteiger partial charge in [-0.2, -0.15) is 0 Å². The van der Waals surface area contributed by atoms with E-state index in [1.54, 1.807) is 42.6 Å². The van der Waals surface area contributed by atoms with Gasteiger partial charge < -0.3 is 24.1 Å². The minimum atomic E-state index is -3.60. The van der Waals surface area contributed by atoms with Crippen LogP contribution in [0.25, 0.3) is 11.3 Å². The summed E-state index contributed by atoms with van der Waals surface area (Å²) in [4.78, 5) is 17.1. The van der Waals surface area contributed by atoms with Crippen LogP contribution in [-0.4, -0.2) is 43.9 Å². The summed E-state index contributed by atoms with van der Waals surface area (Å²) in [5.41, 5.74) is 1.94. The first kappa shape index (κ1) is 27.9. The van der Waals surface area contributed by atoms with Gasteiger partial charge in [0, 0.05) is 18.0 Å². The molecule has 0 bridgehead atoms. The Morgan fingerprint density at radius 2 is 1.85 bits per heavy atom. The Morgan fingerprint density at radius 3 is 2.51 bits per heavy atom. The van der Waals surface area contributed by atoms with Gasteiger partial charge in [-0.05, 0) is 60.7 Å². The number of hydrogen-bond donors (Lipinski definition) is 2. The largest absolute Gasteiger partial charge is 0.496 e. The van der Waals surface area contributed by atoms with Gasteiger partial charge in [-0.25, -0.2) is 8.42 Å². The number of methoxy groups -OCH3 is 2. The van der Waals surface area contributed by atoms with E-state index in [1.165, 1.54) is 26.4 Å². The molecule has 0 spiro atoms. The third-order valence-electron chi connectivity index (χ3n) is 6.43. The second-order valence-electron chi connectivity index (χ2n) is 9.10. The van der Waals surface area contributed by atoms with Gasteiger partial charge in [0.25, 0.3) is 5.69 Å². The van der Waals surface area contributed by atoms with Crippen molar-refractivity contribution < 1.29 is 27.2 Å². The van der Waals surface area contributed by atoms with Crippen LogP contribution in [0.2, 0.25) is 0 Å². The highest BCUT2D eigenvalue weighted by atomic mass is 32.2. The lowest BCUT2D eigenvalue weighted by molar-refractivity contribution is -0.384. The van der Waals surface area contributed by atoms with Gasteiger partial charge in [0.05, 0.1) is 54.5 Å². The molecule has 0 unspecified atom stereocenters.